The molecule has 1 fully saturated rings. The lowest BCUT2D eigenvalue weighted by Crippen LogP contribution is -2.51. The van der Waals surface area contributed by atoms with Gasteiger partial charge in [0.25, 0.3) is 11.8 Å². The van der Waals surface area contributed by atoms with E-state index in [2.05, 4.69) is 0 Å². The van der Waals surface area contributed by atoms with Crippen molar-refractivity contribution < 1.29 is 14.3 Å². The zero-order valence-corrected chi connectivity index (χ0v) is 17.4. The maximum absolute atomic E-state index is 13.1. The van der Waals surface area contributed by atoms with Crippen LogP contribution in [0.25, 0.3) is 10.8 Å². The van der Waals surface area contributed by atoms with Gasteiger partial charge in [0.2, 0.25) is 0 Å². The second-order valence-corrected chi connectivity index (χ2v) is 7.69. The molecule has 1 aliphatic heterocycles. The van der Waals surface area contributed by atoms with Gasteiger partial charge in [0, 0.05) is 31.7 Å². The number of carbonyl (C=O) groups is 2. The van der Waals surface area contributed by atoms with Crippen LogP contribution in [-0.2, 0) is 4.79 Å². The second-order valence-electron chi connectivity index (χ2n) is 7.69. The highest BCUT2D eigenvalue weighted by molar-refractivity contribution is 6.07. The predicted molar refractivity (Wildman–Crippen MR) is 118 cm³/mol. The lowest BCUT2D eigenvalue weighted by atomic mass is 10.0. The summed E-state index contributed by atoms with van der Waals surface area (Å²) >= 11 is 0. The van der Waals surface area contributed by atoms with E-state index in [0.717, 1.165) is 27.6 Å². The number of benzene rings is 3. The van der Waals surface area contributed by atoms with Gasteiger partial charge in [-0.3, -0.25) is 9.59 Å². The molecule has 3 aromatic carbocycles. The molecule has 1 heterocycles. The van der Waals surface area contributed by atoms with Crippen LogP contribution in [0.2, 0.25) is 0 Å². The van der Waals surface area contributed by atoms with Gasteiger partial charge < -0.3 is 14.5 Å². The van der Waals surface area contributed by atoms with Crippen molar-refractivity contribution >= 4 is 22.6 Å². The summed E-state index contributed by atoms with van der Waals surface area (Å²) in [5.74, 6) is 0.715. The van der Waals surface area contributed by atoms with E-state index >= 15 is 0 Å². The maximum atomic E-state index is 13.1. The number of ether oxygens (including phenoxy) is 1. The molecule has 3 aromatic rings. The van der Waals surface area contributed by atoms with Crippen LogP contribution in [0.1, 0.15) is 21.5 Å². The fraction of sp³-hybridized carbons (Fsp3) is 0.280. The summed E-state index contributed by atoms with van der Waals surface area (Å²) in [6.07, 6.45) is 0. The molecule has 5 nitrogen and oxygen atoms in total. The van der Waals surface area contributed by atoms with E-state index < -0.39 is 0 Å². The molecule has 0 radical (unpaired) electrons. The van der Waals surface area contributed by atoms with E-state index in [4.69, 9.17) is 4.74 Å². The summed E-state index contributed by atoms with van der Waals surface area (Å²) in [6, 6.07) is 19.6. The van der Waals surface area contributed by atoms with Crippen LogP contribution in [-0.4, -0.2) is 54.4 Å². The minimum absolute atomic E-state index is 0.0154. The van der Waals surface area contributed by atoms with Crippen LogP contribution >= 0.6 is 0 Å². The Hall–Kier alpha value is -3.34. The number of carbonyl (C=O) groups excluding carboxylic acids is 2. The summed E-state index contributed by atoms with van der Waals surface area (Å²) in [6.45, 7) is 6.12. The first-order valence-corrected chi connectivity index (χ1v) is 10.3. The molecule has 0 atom stereocenters. The molecule has 0 bridgehead atoms. The number of nitrogens with zero attached hydrogens (tertiary/aromatic N) is 2. The number of hydrogen-bond donors (Lipinski definition) is 0. The van der Waals surface area contributed by atoms with E-state index in [-0.39, 0.29) is 18.4 Å². The first-order valence-electron chi connectivity index (χ1n) is 10.3. The highest BCUT2D eigenvalue weighted by atomic mass is 16.5. The van der Waals surface area contributed by atoms with Crippen molar-refractivity contribution in [2.45, 2.75) is 13.8 Å². The topological polar surface area (TPSA) is 49.9 Å². The molecule has 1 aliphatic rings. The Morgan fingerprint density at radius 3 is 2.30 bits per heavy atom. The molecular formula is C25H26N2O3. The minimum Gasteiger partial charge on any atom is -0.483 e. The van der Waals surface area contributed by atoms with E-state index in [1.54, 1.807) is 4.90 Å². The Balaban J connectivity index is 1.36. The molecule has 4 rings (SSSR count). The third-order valence-corrected chi connectivity index (χ3v) is 5.85. The fourth-order valence-electron chi connectivity index (χ4n) is 3.85. The van der Waals surface area contributed by atoms with Gasteiger partial charge in [-0.15, -0.1) is 0 Å². The molecule has 154 valence electrons. The molecule has 30 heavy (non-hydrogen) atoms. The van der Waals surface area contributed by atoms with Crippen LogP contribution < -0.4 is 4.74 Å². The monoisotopic (exact) mass is 402 g/mol. The van der Waals surface area contributed by atoms with Crippen molar-refractivity contribution in [1.82, 2.24) is 9.80 Å². The van der Waals surface area contributed by atoms with Gasteiger partial charge in [0.05, 0.1) is 0 Å². The van der Waals surface area contributed by atoms with Crippen LogP contribution in [0, 0.1) is 13.8 Å². The number of amides is 2. The van der Waals surface area contributed by atoms with Crippen molar-refractivity contribution in [3.05, 3.63) is 77.4 Å². The summed E-state index contributed by atoms with van der Waals surface area (Å²) in [7, 11) is 0. The maximum Gasteiger partial charge on any atom is 0.260 e. The molecule has 0 aromatic heterocycles. The number of fused-ring (bicyclic) bond motifs is 1. The fourth-order valence-corrected chi connectivity index (χ4v) is 3.85. The number of piperazine rings is 1. The Kier molecular flexibility index (Phi) is 5.70. The predicted octanol–water partition coefficient (Wildman–Crippen LogP) is 3.82. The number of rotatable bonds is 4. The van der Waals surface area contributed by atoms with Crippen molar-refractivity contribution in [3.8, 4) is 5.75 Å². The molecule has 5 heteroatoms. The zero-order chi connectivity index (χ0) is 21.1. The molecule has 0 aliphatic carbocycles. The highest BCUT2D eigenvalue weighted by Crippen LogP contribution is 2.22. The summed E-state index contributed by atoms with van der Waals surface area (Å²) in [5.41, 5.74) is 2.91. The van der Waals surface area contributed by atoms with E-state index in [1.165, 1.54) is 0 Å². The zero-order valence-electron chi connectivity index (χ0n) is 17.4. The smallest absolute Gasteiger partial charge is 0.260 e. The standard InChI is InChI=1S/C25H26N2O3/c1-18-7-5-12-23(19(18)2)30-17-24(28)26-13-15-27(16-14-26)25(29)22-11-6-9-20-8-3-4-10-21(20)22/h3-12H,13-17H2,1-2H3. The van der Waals surface area contributed by atoms with Crippen molar-refractivity contribution in [3.63, 3.8) is 0 Å². The summed E-state index contributed by atoms with van der Waals surface area (Å²) < 4.78 is 5.75. The van der Waals surface area contributed by atoms with Crippen molar-refractivity contribution in [2.75, 3.05) is 32.8 Å². The summed E-state index contributed by atoms with van der Waals surface area (Å²) in [5, 5.41) is 2.02. The minimum atomic E-state index is -0.0480. The Bertz CT molecular complexity index is 1080. The van der Waals surface area contributed by atoms with Crippen molar-refractivity contribution in [2.24, 2.45) is 0 Å². The molecule has 0 spiro atoms. The van der Waals surface area contributed by atoms with Crippen LogP contribution in [0.5, 0.6) is 5.75 Å². The molecule has 2 amide bonds. The van der Waals surface area contributed by atoms with Gasteiger partial charge >= 0.3 is 0 Å². The van der Waals surface area contributed by atoms with Crippen LogP contribution in [0.4, 0.5) is 0 Å². The van der Waals surface area contributed by atoms with Crippen molar-refractivity contribution in [1.29, 1.82) is 0 Å². The first kappa shape index (κ1) is 20.0. The molecule has 0 N–H and O–H groups in total. The molecule has 0 saturated carbocycles. The van der Waals surface area contributed by atoms with E-state index in [1.807, 2.05) is 79.4 Å². The van der Waals surface area contributed by atoms with Gasteiger partial charge in [0.1, 0.15) is 5.75 Å². The van der Waals surface area contributed by atoms with Gasteiger partial charge in [-0.1, -0.05) is 48.5 Å². The Labute approximate surface area is 176 Å². The second kappa shape index (κ2) is 8.57. The highest BCUT2D eigenvalue weighted by Gasteiger charge is 2.26. The van der Waals surface area contributed by atoms with Gasteiger partial charge in [-0.2, -0.15) is 0 Å². The lowest BCUT2D eigenvalue weighted by molar-refractivity contribution is -0.134. The molecular weight excluding hydrogens is 376 g/mol. The molecule has 1 saturated heterocycles. The van der Waals surface area contributed by atoms with Gasteiger partial charge in [-0.05, 0) is 47.9 Å². The quantitative estimate of drug-likeness (QED) is 0.667. The third kappa shape index (κ3) is 4.01. The summed E-state index contributed by atoms with van der Waals surface area (Å²) in [4.78, 5) is 29.3. The average Bonchev–Trinajstić information content (AvgIpc) is 2.79. The third-order valence-electron chi connectivity index (χ3n) is 5.85. The van der Waals surface area contributed by atoms with Crippen LogP contribution in [0.3, 0.4) is 0 Å². The first-order chi connectivity index (χ1) is 14.5. The average molecular weight is 402 g/mol. The Morgan fingerprint density at radius 2 is 1.50 bits per heavy atom. The van der Waals surface area contributed by atoms with Gasteiger partial charge in [-0.25, -0.2) is 0 Å². The van der Waals surface area contributed by atoms with Crippen LogP contribution in [0.15, 0.2) is 60.7 Å². The Morgan fingerprint density at radius 1 is 0.833 bits per heavy atom. The number of aryl methyl sites for hydroxylation is 1. The normalized spacial score (nSPS) is 14.1. The SMILES string of the molecule is Cc1cccc(OCC(=O)N2CCN(C(=O)c3cccc4ccccc34)CC2)c1C. The van der Waals surface area contributed by atoms with E-state index in [9.17, 15) is 9.59 Å². The largest absolute Gasteiger partial charge is 0.483 e. The van der Waals surface area contributed by atoms with Gasteiger partial charge in [0.15, 0.2) is 6.61 Å². The van der Waals surface area contributed by atoms with E-state index in [0.29, 0.717) is 31.7 Å². The lowest BCUT2D eigenvalue weighted by Gasteiger charge is -2.35. The number of hydrogen-bond acceptors (Lipinski definition) is 3. The molecule has 0 unspecified atom stereocenters.